The van der Waals surface area contributed by atoms with Gasteiger partial charge in [0.1, 0.15) is 11.4 Å². The van der Waals surface area contributed by atoms with Gasteiger partial charge in [-0.05, 0) is 60.2 Å². The molecule has 0 saturated heterocycles. The third-order valence-electron chi connectivity index (χ3n) is 5.87. The van der Waals surface area contributed by atoms with Gasteiger partial charge in [0.2, 0.25) is 5.91 Å². The number of pyridine rings is 1. The molecule has 0 aliphatic heterocycles. The van der Waals surface area contributed by atoms with Crippen molar-refractivity contribution in [1.29, 1.82) is 0 Å². The van der Waals surface area contributed by atoms with Crippen LogP contribution in [0.1, 0.15) is 24.0 Å². The molecule has 0 spiro atoms. The number of nitrogens with one attached hydrogen (secondary N) is 1. The Morgan fingerprint density at radius 3 is 2.75 bits per heavy atom. The van der Waals surface area contributed by atoms with E-state index in [1.54, 1.807) is 7.11 Å². The van der Waals surface area contributed by atoms with Crippen LogP contribution in [0.25, 0.3) is 33.1 Å². The lowest BCUT2D eigenvalue weighted by atomic mass is 9.91. The molecule has 5 rings (SSSR count). The third-order valence-corrected chi connectivity index (χ3v) is 5.87. The van der Waals surface area contributed by atoms with E-state index in [0.717, 1.165) is 62.8 Å². The molecule has 2 heterocycles. The summed E-state index contributed by atoms with van der Waals surface area (Å²) in [6, 6.07) is 14.4. The summed E-state index contributed by atoms with van der Waals surface area (Å²) < 4.78 is 5.58. The van der Waals surface area contributed by atoms with Gasteiger partial charge in [0.15, 0.2) is 0 Å². The summed E-state index contributed by atoms with van der Waals surface area (Å²) in [5.74, 6) is 0.540. The molecule has 0 atom stereocenters. The molecule has 1 aliphatic carbocycles. The van der Waals surface area contributed by atoms with Gasteiger partial charge in [-0.1, -0.05) is 24.3 Å². The number of amides is 1. The smallest absolute Gasteiger partial charge is 0.228 e. The molecule has 0 bridgehead atoms. The number of aryl methyl sites for hydroxylation is 1. The predicted octanol–water partition coefficient (Wildman–Crippen LogP) is 4.22. The summed E-state index contributed by atoms with van der Waals surface area (Å²) in [6.07, 6.45) is 3.49. The number of aromatic amines is 1. The van der Waals surface area contributed by atoms with Crippen molar-refractivity contribution in [1.82, 2.24) is 9.97 Å². The maximum Gasteiger partial charge on any atom is 0.228 e. The second-order valence-corrected chi connectivity index (χ2v) is 7.63. The molecule has 140 valence electrons. The maximum atomic E-state index is 12.0. The monoisotopic (exact) mass is 371 g/mol. The normalized spacial score (nSPS) is 15.1. The van der Waals surface area contributed by atoms with Gasteiger partial charge < -0.3 is 15.5 Å². The van der Waals surface area contributed by atoms with Crippen molar-refractivity contribution in [3.8, 4) is 16.9 Å². The molecule has 28 heavy (non-hydrogen) atoms. The van der Waals surface area contributed by atoms with Crippen LogP contribution in [0.5, 0.6) is 5.75 Å². The van der Waals surface area contributed by atoms with Crippen molar-refractivity contribution in [3.05, 3.63) is 59.8 Å². The first-order chi connectivity index (χ1) is 13.5. The van der Waals surface area contributed by atoms with Gasteiger partial charge >= 0.3 is 0 Å². The van der Waals surface area contributed by atoms with Crippen molar-refractivity contribution < 1.29 is 9.53 Å². The van der Waals surface area contributed by atoms with Crippen molar-refractivity contribution in [2.24, 2.45) is 5.73 Å². The lowest BCUT2D eigenvalue weighted by Crippen LogP contribution is -2.28. The molecule has 5 heteroatoms. The van der Waals surface area contributed by atoms with E-state index in [1.807, 2.05) is 31.3 Å². The summed E-state index contributed by atoms with van der Waals surface area (Å²) >= 11 is 0. The zero-order valence-electron chi connectivity index (χ0n) is 15.9. The Bertz CT molecular complexity index is 1250. The average molecular weight is 371 g/mol. The predicted molar refractivity (Wildman–Crippen MR) is 110 cm³/mol. The zero-order valence-corrected chi connectivity index (χ0v) is 15.9. The van der Waals surface area contributed by atoms with Crippen LogP contribution in [0.15, 0.2) is 48.7 Å². The maximum absolute atomic E-state index is 12.0. The molecule has 1 fully saturated rings. The molecule has 0 unspecified atom stereocenters. The molecular formula is C23H21N3O2. The first kappa shape index (κ1) is 16.8. The first-order valence-electron chi connectivity index (χ1n) is 9.39. The number of ether oxygens (including phenoxy) is 1. The fraction of sp³-hybridized carbons (Fsp3) is 0.217. The van der Waals surface area contributed by atoms with Crippen LogP contribution in [-0.4, -0.2) is 23.0 Å². The number of rotatable bonds is 4. The number of fused-ring (bicyclic) bond motifs is 3. The number of benzene rings is 2. The highest BCUT2D eigenvalue weighted by molar-refractivity contribution is 6.15. The molecule has 2 aromatic carbocycles. The van der Waals surface area contributed by atoms with Crippen molar-refractivity contribution in [2.75, 3.05) is 7.11 Å². The molecule has 1 aliphatic rings. The Balaban J connectivity index is 1.79. The third kappa shape index (κ3) is 2.32. The van der Waals surface area contributed by atoms with Crippen molar-refractivity contribution in [2.45, 2.75) is 25.2 Å². The molecule has 3 N–H and O–H groups in total. The van der Waals surface area contributed by atoms with Crippen molar-refractivity contribution >= 4 is 27.8 Å². The highest BCUT2D eigenvalue weighted by atomic mass is 16.5. The summed E-state index contributed by atoms with van der Waals surface area (Å²) in [6.45, 7) is 2.04. The molecule has 2 aromatic heterocycles. The molecule has 1 saturated carbocycles. The highest BCUT2D eigenvalue weighted by Crippen LogP contribution is 2.49. The minimum atomic E-state index is -0.500. The SMILES string of the molecule is COc1ccc(-c2cccc(C3(C(N)=O)CC3)c2)c2c1[nH]c1ncc(C)cc12. The van der Waals surface area contributed by atoms with E-state index in [9.17, 15) is 4.79 Å². The van der Waals surface area contributed by atoms with E-state index < -0.39 is 5.41 Å². The Labute approximate surface area is 162 Å². The van der Waals surface area contributed by atoms with Crippen molar-refractivity contribution in [3.63, 3.8) is 0 Å². The lowest BCUT2D eigenvalue weighted by molar-refractivity contribution is -0.120. The molecule has 0 radical (unpaired) electrons. The van der Waals surface area contributed by atoms with E-state index in [0.29, 0.717) is 0 Å². The van der Waals surface area contributed by atoms with Gasteiger partial charge in [-0.25, -0.2) is 4.98 Å². The number of hydrogen-bond acceptors (Lipinski definition) is 3. The number of carbonyl (C=O) groups excluding carboxylic acids is 1. The molecular weight excluding hydrogens is 350 g/mol. The Kier molecular flexibility index (Phi) is 3.50. The highest BCUT2D eigenvalue weighted by Gasteiger charge is 2.50. The van der Waals surface area contributed by atoms with Gasteiger partial charge in [0.25, 0.3) is 0 Å². The fourth-order valence-corrected chi connectivity index (χ4v) is 4.16. The van der Waals surface area contributed by atoms with Gasteiger partial charge in [0, 0.05) is 17.0 Å². The van der Waals surface area contributed by atoms with Crippen LogP contribution in [0.4, 0.5) is 0 Å². The van der Waals surface area contributed by atoms with E-state index in [2.05, 4.69) is 34.2 Å². The number of hydrogen-bond donors (Lipinski definition) is 2. The van der Waals surface area contributed by atoms with Gasteiger partial charge in [-0.3, -0.25) is 4.79 Å². The van der Waals surface area contributed by atoms with E-state index in [4.69, 9.17) is 10.5 Å². The van der Waals surface area contributed by atoms with E-state index in [-0.39, 0.29) is 5.91 Å². The van der Waals surface area contributed by atoms with E-state index in [1.165, 1.54) is 0 Å². The number of methoxy groups -OCH3 is 1. The summed E-state index contributed by atoms with van der Waals surface area (Å²) in [5.41, 5.74) is 11.2. The number of primary amides is 1. The van der Waals surface area contributed by atoms with Crippen LogP contribution >= 0.6 is 0 Å². The second kappa shape index (κ2) is 5.83. The summed E-state index contributed by atoms with van der Waals surface area (Å²) in [7, 11) is 1.67. The minimum Gasteiger partial charge on any atom is -0.495 e. The second-order valence-electron chi connectivity index (χ2n) is 7.63. The number of aromatic nitrogens is 2. The Morgan fingerprint density at radius 1 is 1.21 bits per heavy atom. The Hall–Kier alpha value is -3.34. The summed E-state index contributed by atoms with van der Waals surface area (Å²) in [5, 5.41) is 2.14. The van der Waals surface area contributed by atoms with Gasteiger partial charge in [-0.2, -0.15) is 0 Å². The van der Waals surface area contributed by atoms with Crippen LogP contribution in [-0.2, 0) is 10.2 Å². The first-order valence-corrected chi connectivity index (χ1v) is 9.39. The van der Waals surface area contributed by atoms with Crippen LogP contribution < -0.4 is 10.5 Å². The summed E-state index contributed by atoms with van der Waals surface area (Å²) in [4.78, 5) is 19.9. The Morgan fingerprint density at radius 2 is 2.04 bits per heavy atom. The largest absolute Gasteiger partial charge is 0.495 e. The zero-order chi connectivity index (χ0) is 19.5. The minimum absolute atomic E-state index is 0.239. The fourth-order valence-electron chi connectivity index (χ4n) is 4.16. The quantitative estimate of drug-likeness (QED) is 0.564. The van der Waals surface area contributed by atoms with Gasteiger partial charge in [-0.15, -0.1) is 0 Å². The topological polar surface area (TPSA) is 81.0 Å². The van der Waals surface area contributed by atoms with Crippen LogP contribution in [0.2, 0.25) is 0 Å². The number of nitrogens with zero attached hydrogens (tertiary/aromatic N) is 1. The molecule has 4 aromatic rings. The lowest BCUT2D eigenvalue weighted by Gasteiger charge is -2.14. The number of H-pyrrole nitrogens is 1. The number of carbonyl (C=O) groups is 1. The van der Waals surface area contributed by atoms with Crippen LogP contribution in [0, 0.1) is 6.92 Å². The molecule has 1 amide bonds. The molecule has 5 nitrogen and oxygen atoms in total. The van der Waals surface area contributed by atoms with Gasteiger partial charge in [0.05, 0.1) is 18.0 Å². The van der Waals surface area contributed by atoms with Crippen LogP contribution in [0.3, 0.4) is 0 Å². The average Bonchev–Trinajstić information content (AvgIpc) is 3.44. The number of nitrogens with two attached hydrogens (primary N) is 1. The standard InChI is InChI=1S/C23H21N3O2/c1-13-10-17-19-16(6-7-18(28-2)20(19)26-21(17)25-12-13)14-4-3-5-15(11-14)23(8-9-23)22(24)27/h3-7,10-12H,8-9H2,1-2H3,(H2,24,27)(H,25,26). The van der Waals surface area contributed by atoms with E-state index >= 15 is 0 Å².